The number of aryl methyl sites for hydroxylation is 1. The van der Waals surface area contributed by atoms with Gasteiger partial charge in [-0.15, -0.1) is 0 Å². The van der Waals surface area contributed by atoms with Crippen molar-refractivity contribution in [3.63, 3.8) is 0 Å². The molecule has 122 valence electrons. The molecule has 0 bridgehead atoms. The van der Waals surface area contributed by atoms with E-state index in [1.165, 1.54) is 11.1 Å². The van der Waals surface area contributed by atoms with Gasteiger partial charge in [0.1, 0.15) is 0 Å². The van der Waals surface area contributed by atoms with Gasteiger partial charge in [-0.2, -0.15) is 0 Å². The molecule has 1 aliphatic carbocycles. The minimum absolute atomic E-state index is 0.0302. The predicted molar refractivity (Wildman–Crippen MR) is 85.8 cm³/mol. The van der Waals surface area contributed by atoms with Crippen molar-refractivity contribution in [3.8, 4) is 0 Å². The SMILES string of the molecule is CCOCCNC(=O)N(CCO)C1CCCc2ccccc21. The molecule has 1 unspecified atom stereocenters. The lowest BCUT2D eigenvalue weighted by molar-refractivity contribution is 0.130. The number of ether oxygens (including phenoxy) is 1. The predicted octanol–water partition coefficient (Wildman–Crippen LogP) is 2.10. The number of hydrogen-bond donors (Lipinski definition) is 2. The van der Waals surface area contributed by atoms with Crippen LogP contribution in [0.15, 0.2) is 24.3 Å². The van der Waals surface area contributed by atoms with E-state index in [4.69, 9.17) is 4.74 Å². The second-order valence-electron chi connectivity index (χ2n) is 5.45. The van der Waals surface area contributed by atoms with Crippen LogP contribution in [0.25, 0.3) is 0 Å². The summed E-state index contributed by atoms with van der Waals surface area (Å²) in [5.41, 5.74) is 2.52. The van der Waals surface area contributed by atoms with Crippen molar-refractivity contribution >= 4 is 6.03 Å². The van der Waals surface area contributed by atoms with E-state index in [0.29, 0.717) is 26.3 Å². The molecule has 2 N–H and O–H groups in total. The number of rotatable bonds is 7. The van der Waals surface area contributed by atoms with Crippen molar-refractivity contribution in [1.29, 1.82) is 0 Å². The normalized spacial score (nSPS) is 16.9. The summed E-state index contributed by atoms with van der Waals surface area (Å²) in [6.45, 7) is 3.89. The number of hydrogen-bond acceptors (Lipinski definition) is 3. The van der Waals surface area contributed by atoms with Crippen LogP contribution < -0.4 is 5.32 Å². The molecule has 0 heterocycles. The molecule has 1 aliphatic rings. The van der Waals surface area contributed by atoms with Crippen molar-refractivity contribution in [2.24, 2.45) is 0 Å². The molecule has 1 aromatic carbocycles. The summed E-state index contributed by atoms with van der Waals surface area (Å²) in [7, 11) is 0. The van der Waals surface area contributed by atoms with Gasteiger partial charge in [-0.1, -0.05) is 24.3 Å². The van der Waals surface area contributed by atoms with Gasteiger partial charge in [-0.3, -0.25) is 0 Å². The highest BCUT2D eigenvalue weighted by Gasteiger charge is 2.28. The van der Waals surface area contributed by atoms with Crippen LogP contribution in [0.4, 0.5) is 4.79 Å². The molecule has 0 aromatic heterocycles. The Bertz CT molecular complexity index is 479. The second kappa shape index (κ2) is 8.76. The van der Waals surface area contributed by atoms with E-state index in [2.05, 4.69) is 17.4 Å². The van der Waals surface area contributed by atoms with Gasteiger partial charge in [-0.25, -0.2) is 4.79 Å². The Morgan fingerprint density at radius 3 is 3.05 bits per heavy atom. The van der Waals surface area contributed by atoms with Crippen LogP contribution in [0.1, 0.15) is 36.9 Å². The smallest absolute Gasteiger partial charge is 0.318 e. The van der Waals surface area contributed by atoms with Crippen molar-refractivity contribution < 1.29 is 14.6 Å². The summed E-state index contributed by atoms with van der Waals surface area (Å²) in [4.78, 5) is 14.2. The number of nitrogens with zero attached hydrogens (tertiary/aromatic N) is 1. The van der Waals surface area contributed by atoms with Crippen LogP contribution in [0.5, 0.6) is 0 Å². The van der Waals surface area contributed by atoms with Crippen molar-refractivity contribution in [1.82, 2.24) is 10.2 Å². The third-order valence-electron chi connectivity index (χ3n) is 4.04. The molecule has 0 saturated carbocycles. The zero-order valence-electron chi connectivity index (χ0n) is 13.3. The summed E-state index contributed by atoms with van der Waals surface area (Å²) in [6.07, 6.45) is 3.07. The van der Waals surface area contributed by atoms with Gasteiger partial charge in [0.2, 0.25) is 0 Å². The number of benzene rings is 1. The summed E-state index contributed by atoms with van der Waals surface area (Å²) < 4.78 is 5.24. The molecule has 0 spiro atoms. The average Bonchev–Trinajstić information content (AvgIpc) is 2.56. The van der Waals surface area contributed by atoms with Crippen molar-refractivity contribution in [2.75, 3.05) is 32.9 Å². The van der Waals surface area contributed by atoms with Gasteiger partial charge in [0.15, 0.2) is 0 Å². The monoisotopic (exact) mass is 306 g/mol. The molecule has 0 aliphatic heterocycles. The first kappa shape index (κ1) is 16.8. The number of aliphatic hydroxyl groups is 1. The molecule has 1 aromatic rings. The first-order chi connectivity index (χ1) is 10.8. The van der Waals surface area contributed by atoms with Crippen LogP contribution in [0, 0.1) is 0 Å². The van der Waals surface area contributed by atoms with Gasteiger partial charge >= 0.3 is 6.03 Å². The Kier molecular flexibility index (Phi) is 6.68. The Hall–Kier alpha value is -1.59. The van der Waals surface area contributed by atoms with E-state index in [1.807, 2.05) is 19.1 Å². The van der Waals surface area contributed by atoms with Crippen LogP contribution >= 0.6 is 0 Å². The summed E-state index contributed by atoms with van der Waals surface area (Å²) in [5, 5.41) is 12.2. The first-order valence-electron chi connectivity index (χ1n) is 8.08. The van der Waals surface area contributed by atoms with Crippen LogP contribution in [-0.4, -0.2) is 48.9 Å². The average molecular weight is 306 g/mol. The van der Waals surface area contributed by atoms with Gasteiger partial charge in [-0.05, 0) is 37.3 Å². The largest absolute Gasteiger partial charge is 0.395 e. The van der Waals surface area contributed by atoms with Crippen molar-refractivity contribution in [3.05, 3.63) is 35.4 Å². The fraction of sp³-hybridized carbons (Fsp3) is 0.588. The quantitative estimate of drug-likeness (QED) is 0.758. The zero-order valence-corrected chi connectivity index (χ0v) is 13.3. The Morgan fingerprint density at radius 2 is 2.27 bits per heavy atom. The fourth-order valence-electron chi connectivity index (χ4n) is 3.03. The number of amides is 2. The molecular weight excluding hydrogens is 280 g/mol. The van der Waals surface area contributed by atoms with E-state index >= 15 is 0 Å². The van der Waals surface area contributed by atoms with E-state index in [0.717, 1.165) is 19.3 Å². The fourth-order valence-corrected chi connectivity index (χ4v) is 3.03. The van der Waals surface area contributed by atoms with Gasteiger partial charge in [0, 0.05) is 19.7 Å². The van der Waals surface area contributed by atoms with E-state index in [9.17, 15) is 9.90 Å². The maximum Gasteiger partial charge on any atom is 0.318 e. The third-order valence-corrected chi connectivity index (χ3v) is 4.04. The van der Waals surface area contributed by atoms with Crippen LogP contribution in [-0.2, 0) is 11.2 Å². The highest BCUT2D eigenvalue weighted by molar-refractivity contribution is 5.75. The standard InChI is InChI=1S/C17H26N2O3/c1-2-22-13-10-18-17(21)19(11-12-20)16-9-5-7-14-6-3-4-8-15(14)16/h3-4,6,8,16,20H,2,5,7,9-13H2,1H3,(H,18,21). The molecule has 0 saturated heterocycles. The molecule has 5 heteroatoms. The van der Waals surface area contributed by atoms with E-state index < -0.39 is 0 Å². The van der Waals surface area contributed by atoms with E-state index in [-0.39, 0.29) is 18.7 Å². The topological polar surface area (TPSA) is 61.8 Å². The van der Waals surface area contributed by atoms with Crippen LogP contribution in [0.2, 0.25) is 0 Å². The second-order valence-corrected chi connectivity index (χ2v) is 5.45. The molecule has 1 atom stereocenters. The first-order valence-corrected chi connectivity index (χ1v) is 8.08. The van der Waals surface area contributed by atoms with Crippen LogP contribution in [0.3, 0.4) is 0 Å². The van der Waals surface area contributed by atoms with Crippen molar-refractivity contribution in [2.45, 2.75) is 32.2 Å². The number of aliphatic hydroxyl groups excluding tert-OH is 1. The molecular formula is C17H26N2O3. The summed E-state index contributed by atoms with van der Waals surface area (Å²) in [6, 6.07) is 8.20. The molecule has 0 radical (unpaired) electrons. The summed E-state index contributed by atoms with van der Waals surface area (Å²) >= 11 is 0. The molecule has 2 rings (SSSR count). The van der Waals surface area contributed by atoms with Gasteiger partial charge < -0.3 is 20.1 Å². The molecule has 5 nitrogen and oxygen atoms in total. The Labute approximate surface area is 132 Å². The number of carbonyl (C=O) groups is 1. The number of urea groups is 1. The third kappa shape index (κ3) is 4.21. The highest BCUT2D eigenvalue weighted by Crippen LogP contribution is 2.34. The molecule has 0 fully saturated rings. The Balaban J connectivity index is 2.06. The number of fused-ring (bicyclic) bond motifs is 1. The lowest BCUT2D eigenvalue weighted by Crippen LogP contribution is -2.45. The minimum Gasteiger partial charge on any atom is -0.395 e. The lowest BCUT2D eigenvalue weighted by atomic mass is 9.87. The Morgan fingerprint density at radius 1 is 1.45 bits per heavy atom. The molecule has 22 heavy (non-hydrogen) atoms. The maximum absolute atomic E-state index is 12.5. The number of nitrogens with one attached hydrogen (secondary N) is 1. The maximum atomic E-state index is 12.5. The molecule has 2 amide bonds. The zero-order chi connectivity index (χ0) is 15.8. The van der Waals surface area contributed by atoms with E-state index in [1.54, 1.807) is 4.90 Å². The van der Waals surface area contributed by atoms with Gasteiger partial charge in [0.05, 0.1) is 19.3 Å². The minimum atomic E-state index is -0.129. The lowest BCUT2D eigenvalue weighted by Gasteiger charge is -2.35. The number of carbonyl (C=O) groups excluding carboxylic acids is 1. The van der Waals surface area contributed by atoms with Gasteiger partial charge in [0.25, 0.3) is 0 Å². The highest BCUT2D eigenvalue weighted by atomic mass is 16.5. The summed E-state index contributed by atoms with van der Waals surface area (Å²) in [5.74, 6) is 0.